The number of nitrogens with zero attached hydrogens (tertiary/aromatic N) is 1. The van der Waals surface area contributed by atoms with E-state index in [-0.39, 0.29) is 18.9 Å². The Balaban J connectivity index is 0. The van der Waals surface area contributed by atoms with Gasteiger partial charge in [0, 0.05) is 0 Å². The maximum absolute atomic E-state index is 12.4. The minimum atomic E-state index is -5.83. The zero-order chi connectivity index (χ0) is 18.7. The average Bonchev–Trinajstić information content (AvgIpc) is 2.33. The Bertz CT molecular complexity index is 544. The molecule has 0 aromatic heterocycles. The summed E-state index contributed by atoms with van der Waals surface area (Å²) in [6, 6.07) is 0. The fourth-order valence-electron chi connectivity index (χ4n) is 0.587. The molecule has 7 nitrogen and oxygen atoms in total. The van der Waals surface area contributed by atoms with E-state index >= 15 is 0 Å². The van der Waals surface area contributed by atoms with E-state index in [2.05, 4.69) is 8.37 Å². The van der Waals surface area contributed by atoms with Crippen LogP contribution in [0.25, 0.3) is 4.13 Å². The summed E-state index contributed by atoms with van der Waals surface area (Å²) in [5.41, 5.74) is 0. The van der Waals surface area contributed by atoms with Gasteiger partial charge in [0.25, 0.3) is 0 Å². The van der Waals surface area contributed by atoms with E-state index in [0.29, 0.717) is 0 Å². The molecule has 0 N–H and O–H groups in total. The summed E-state index contributed by atoms with van der Waals surface area (Å²) >= 11 is 0. The number of alkyl halides is 8. The Hall–Kier alpha value is -0.183. The van der Waals surface area contributed by atoms with Gasteiger partial charge in [-0.1, -0.05) is 0 Å². The zero-order valence-electron chi connectivity index (χ0n) is 11.3. The quantitative estimate of drug-likeness (QED) is 0.327. The molecular formula is C6H6F8LiNO6S2. The fourth-order valence-corrected chi connectivity index (χ4v) is 2.44. The maximum atomic E-state index is 12.4. The van der Waals surface area contributed by atoms with Gasteiger partial charge >= 0.3 is 43.6 Å². The molecule has 0 aliphatic heterocycles. The molecule has 0 heterocycles. The van der Waals surface area contributed by atoms with Gasteiger partial charge in [-0.25, -0.2) is 34.4 Å². The molecule has 0 fully saturated rings. The minimum absolute atomic E-state index is 0. The first kappa shape index (κ1) is 26.1. The van der Waals surface area contributed by atoms with Gasteiger partial charge in [-0.3, -0.25) is 8.37 Å². The van der Waals surface area contributed by atoms with Crippen molar-refractivity contribution in [2.75, 3.05) is 13.2 Å². The third-order valence-electron chi connectivity index (χ3n) is 1.62. The van der Waals surface area contributed by atoms with Crippen LogP contribution >= 0.6 is 0 Å². The third kappa shape index (κ3) is 9.34. The molecule has 0 saturated carbocycles. The average molecular weight is 411 g/mol. The van der Waals surface area contributed by atoms with Crippen LogP contribution in [0.1, 0.15) is 0 Å². The molecule has 0 saturated heterocycles. The van der Waals surface area contributed by atoms with Gasteiger partial charge in [0.15, 0.2) is 0 Å². The van der Waals surface area contributed by atoms with Crippen LogP contribution in [0.5, 0.6) is 0 Å². The summed E-state index contributed by atoms with van der Waals surface area (Å²) in [7, 11) is -11.7. The van der Waals surface area contributed by atoms with E-state index in [1.165, 1.54) is 0 Å². The first-order chi connectivity index (χ1) is 10.0. The van der Waals surface area contributed by atoms with Crippen LogP contribution in [0.2, 0.25) is 0 Å². The first-order valence-corrected chi connectivity index (χ1v) is 7.59. The number of hydrogen-bond donors (Lipinski definition) is 0. The molecule has 24 heavy (non-hydrogen) atoms. The van der Waals surface area contributed by atoms with Gasteiger partial charge in [0.1, 0.15) is 13.2 Å². The smallest absolute Gasteiger partial charge is 0.387 e. The predicted octanol–water partition coefficient (Wildman–Crippen LogP) is -1.31. The van der Waals surface area contributed by atoms with Crippen LogP contribution in [0.3, 0.4) is 0 Å². The Labute approximate surface area is 142 Å². The van der Waals surface area contributed by atoms with E-state index in [1.807, 2.05) is 0 Å². The molecule has 18 heteroatoms. The van der Waals surface area contributed by atoms with Crippen molar-refractivity contribution in [1.82, 2.24) is 0 Å². The molecule has 0 unspecified atom stereocenters. The Morgan fingerprint density at radius 1 is 0.750 bits per heavy atom. The van der Waals surface area contributed by atoms with Gasteiger partial charge in [0.05, 0.1) is 0 Å². The van der Waals surface area contributed by atoms with E-state index in [9.17, 15) is 52.0 Å². The summed E-state index contributed by atoms with van der Waals surface area (Å²) in [4.78, 5) is 0. The SMILES string of the molecule is O=S(=O)([N-]S(=O)(=O)OCC(F)(F)C(F)F)OCC(F)(F)C(F)F.[Li+]. The molecule has 0 aromatic carbocycles. The molecular weight excluding hydrogens is 405 g/mol. The van der Waals surface area contributed by atoms with Gasteiger partial charge in [-0.05, 0) is 0 Å². The Kier molecular flexibility index (Phi) is 9.72. The molecule has 0 aliphatic carbocycles. The molecule has 0 bridgehead atoms. The van der Waals surface area contributed by atoms with Crippen molar-refractivity contribution in [3.8, 4) is 0 Å². The summed E-state index contributed by atoms with van der Waals surface area (Å²) < 4.78 is 147. The van der Waals surface area contributed by atoms with E-state index in [4.69, 9.17) is 0 Å². The topological polar surface area (TPSA) is 101 Å². The van der Waals surface area contributed by atoms with E-state index in [0.717, 1.165) is 0 Å². The first-order valence-electron chi connectivity index (χ1n) is 4.86. The molecule has 0 aliphatic rings. The number of halogens is 8. The molecule has 140 valence electrons. The molecule has 0 amide bonds. The molecule has 0 radical (unpaired) electrons. The standard InChI is InChI=1S/C6H6F8NO6S2.Li/c7-3(8)5(11,12)1-20-22(16,17)15-23(18,19)21-2-6(13,14)4(9)10;/h3-4H,1-2H2;/q-1;+1. The van der Waals surface area contributed by atoms with Gasteiger partial charge in [-0.2, -0.15) is 17.6 Å². The zero-order valence-corrected chi connectivity index (χ0v) is 12.9. The largest absolute Gasteiger partial charge is 1.00 e. The summed E-state index contributed by atoms with van der Waals surface area (Å²) in [5, 5.41) is 0. The van der Waals surface area contributed by atoms with Gasteiger partial charge < -0.3 is 4.13 Å². The van der Waals surface area contributed by atoms with Crippen molar-refractivity contribution < 1.29 is 79.2 Å². The summed E-state index contributed by atoms with van der Waals surface area (Å²) in [5.74, 6) is -9.98. The fraction of sp³-hybridized carbons (Fsp3) is 1.00. The Morgan fingerprint density at radius 2 is 1.00 bits per heavy atom. The van der Waals surface area contributed by atoms with E-state index < -0.39 is 58.5 Å². The third-order valence-corrected chi connectivity index (χ3v) is 3.91. The van der Waals surface area contributed by atoms with Crippen LogP contribution < -0.4 is 18.9 Å². The number of rotatable bonds is 10. The normalized spacial score (nSPS) is 14.1. The maximum Gasteiger partial charge on any atom is 1.00 e. The van der Waals surface area contributed by atoms with Crippen LogP contribution in [-0.4, -0.2) is 54.7 Å². The van der Waals surface area contributed by atoms with Crippen molar-refractivity contribution in [1.29, 1.82) is 0 Å². The molecule has 0 rings (SSSR count). The Morgan fingerprint density at radius 3 is 1.21 bits per heavy atom. The van der Waals surface area contributed by atoms with Crippen LogP contribution in [0.4, 0.5) is 35.1 Å². The van der Waals surface area contributed by atoms with Crippen molar-refractivity contribution in [2.45, 2.75) is 24.7 Å². The monoisotopic (exact) mass is 411 g/mol. The molecule has 0 atom stereocenters. The van der Waals surface area contributed by atoms with Crippen molar-refractivity contribution in [2.24, 2.45) is 0 Å². The van der Waals surface area contributed by atoms with E-state index in [1.54, 1.807) is 4.13 Å². The second-order valence-corrected chi connectivity index (χ2v) is 6.36. The predicted molar refractivity (Wildman–Crippen MR) is 55.0 cm³/mol. The number of hydrogen-bond acceptors (Lipinski definition) is 6. The van der Waals surface area contributed by atoms with Gasteiger partial charge in [0.2, 0.25) is 20.6 Å². The van der Waals surface area contributed by atoms with Gasteiger partial charge in [-0.15, -0.1) is 0 Å². The van der Waals surface area contributed by atoms with Crippen LogP contribution in [0, 0.1) is 0 Å². The second kappa shape index (κ2) is 8.96. The summed E-state index contributed by atoms with van der Waals surface area (Å²) in [6.45, 7) is -5.03. The van der Waals surface area contributed by atoms with Crippen molar-refractivity contribution in [3.05, 3.63) is 4.13 Å². The molecule has 0 spiro atoms. The molecule has 0 aromatic rings. The van der Waals surface area contributed by atoms with Crippen LogP contribution in [0.15, 0.2) is 0 Å². The second-order valence-electron chi connectivity index (χ2n) is 3.58. The minimum Gasteiger partial charge on any atom is -0.387 e. The summed E-state index contributed by atoms with van der Waals surface area (Å²) in [6.07, 6.45) is -8.73. The van der Waals surface area contributed by atoms with Crippen molar-refractivity contribution in [3.63, 3.8) is 0 Å². The van der Waals surface area contributed by atoms with Crippen LogP contribution in [-0.2, 0) is 29.0 Å². The van der Waals surface area contributed by atoms with Crippen molar-refractivity contribution >= 4 is 20.6 Å².